The topological polar surface area (TPSA) is 26.3 Å². The summed E-state index contributed by atoms with van der Waals surface area (Å²) in [5, 5.41) is -0.561. The maximum Gasteiger partial charge on any atom is 0.152 e. The van der Waals surface area contributed by atoms with Gasteiger partial charge in [0, 0.05) is 0 Å². The Morgan fingerprint density at radius 1 is 1.57 bits per heavy atom. The van der Waals surface area contributed by atoms with E-state index in [4.69, 9.17) is 16.3 Å². The molecule has 0 aromatic heterocycles. The lowest BCUT2D eigenvalue weighted by Gasteiger charge is -2.08. The maximum atomic E-state index is 11.0. The highest BCUT2D eigenvalue weighted by molar-refractivity contribution is 14.1. The zero-order valence-electron chi connectivity index (χ0n) is 7.88. The van der Waals surface area contributed by atoms with E-state index < -0.39 is 5.38 Å². The number of methoxy groups -OCH3 is 1. The smallest absolute Gasteiger partial charge is 0.152 e. The third kappa shape index (κ3) is 2.60. The molecular weight excluding hydrogens is 314 g/mol. The Balaban J connectivity index is 3.02. The van der Waals surface area contributed by atoms with Crippen LogP contribution in [0.1, 0.15) is 17.9 Å². The van der Waals surface area contributed by atoms with E-state index in [1.807, 2.05) is 12.1 Å². The van der Waals surface area contributed by atoms with Crippen LogP contribution in [0.3, 0.4) is 0 Å². The van der Waals surface area contributed by atoms with Crippen molar-refractivity contribution < 1.29 is 9.53 Å². The molecule has 0 saturated heterocycles. The number of carbonyl (C=O) groups is 1. The van der Waals surface area contributed by atoms with Crippen molar-refractivity contribution in [2.45, 2.75) is 12.3 Å². The lowest BCUT2D eigenvalue weighted by atomic mass is 10.1. The summed E-state index contributed by atoms with van der Waals surface area (Å²) in [5.41, 5.74) is 0.810. The normalized spacial score (nSPS) is 12.3. The van der Waals surface area contributed by atoms with Crippen LogP contribution < -0.4 is 4.74 Å². The zero-order chi connectivity index (χ0) is 10.7. The number of carbonyl (C=O) groups excluding carboxylic acids is 1. The second-order valence-electron chi connectivity index (χ2n) is 2.87. The van der Waals surface area contributed by atoms with Crippen LogP contribution in [0, 0.1) is 3.57 Å². The minimum absolute atomic E-state index is 0.0485. The molecule has 0 bridgehead atoms. The number of hydrogen-bond donors (Lipinski definition) is 0. The number of alkyl halides is 1. The van der Waals surface area contributed by atoms with E-state index >= 15 is 0 Å². The highest BCUT2D eigenvalue weighted by Crippen LogP contribution is 2.28. The molecule has 0 aliphatic heterocycles. The fraction of sp³-hybridized carbons (Fsp3) is 0.300. The van der Waals surface area contributed by atoms with Gasteiger partial charge in [-0.15, -0.1) is 11.6 Å². The van der Waals surface area contributed by atoms with Gasteiger partial charge >= 0.3 is 0 Å². The molecule has 1 aromatic carbocycles. The Kier molecular flexibility index (Phi) is 4.19. The van der Waals surface area contributed by atoms with Gasteiger partial charge in [0.05, 0.1) is 10.7 Å². The van der Waals surface area contributed by atoms with E-state index in [2.05, 4.69) is 22.6 Å². The fourth-order valence-corrected chi connectivity index (χ4v) is 1.97. The molecule has 1 atom stereocenters. The average Bonchev–Trinajstić information content (AvgIpc) is 2.16. The van der Waals surface area contributed by atoms with Crippen LogP contribution in [0.25, 0.3) is 0 Å². The molecule has 0 aliphatic rings. The summed E-state index contributed by atoms with van der Waals surface area (Å²) in [4.78, 5) is 11.0. The molecule has 0 radical (unpaired) electrons. The zero-order valence-corrected chi connectivity index (χ0v) is 10.8. The minimum atomic E-state index is -0.561. The molecular formula is C10H10ClIO2. The van der Waals surface area contributed by atoms with Crippen LogP contribution in [0.15, 0.2) is 18.2 Å². The third-order valence-electron chi connectivity index (χ3n) is 1.83. The molecule has 76 valence electrons. The van der Waals surface area contributed by atoms with Gasteiger partial charge in [0.15, 0.2) is 5.78 Å². The number of Topliss-reactive ketones (excluding diaryl/α,β-unsaturated/α-hetero) is 1. The van der Waals surface area contributed by atoms with Crippen molar-refractivity contribution in [3.05, 3.63) is 27.3 Å². The van der Waals surface area contributed by atoms with Crippen LogP contribution in [0.2, 0.25) is 0 Å². The van der Waals surface area contributed by atoms with Crippen molar-refractivity contribution in [2.75, 3.05) is 7.11 Å². The second-order valence-corrected chi connectivity index (χ2v) is 4.47. The predicted octanol–water partition coefficient (Wildman–Crippen LogP) is 3.17. The molecule has 0 spiro atoms. The van der Waals surface area contributed by atoms with Gasteiger partial charge < -0.3 is 4.74 Å². The molecule has 0 amide bonds. The molecule has 0 saturated carbocycles. The van der Waals surface area contributed by atoms with E-state index in [-0.39, 0.29) is 5.78 Å². The quantitative estimate of drug-likeness (QED) is 0.630. The van der Waals surface area contributed by atoms with Gasteiger partial charge in [-0.3, -0.25) is 4.79 Å². The molecule has 14 heavy (non-hydrogen) atoms. The first-order valence-corrected chi connectivity index (χ1v) is 5.55. The van der Waals surface area contributed by atoms with Gasteiger partial charge in [-0.2, -0.15) is 0 Å². The van der Waals surface area contributed by atoms with E-state index in [0.29, 0.717) is 0 Å². The number of halogens is 2. The number of ether oxygens (including phenoxy) is 1. The van der Waals surface area contributed by atoms with Crippen molar-refractivity contribution >= 4 is 40.0 Å². The van der Waals surface area contributed by atoms with Crippen molar-refractivity contribution in [1.29, 1.82) is 0 Å². The Bertz CT molecular complexity index is 352. The summed E-state index contributed by atoms with van der Waals surface area (Å²) >= 11 is 8.06. The minimum Gasteiger partial charge on any atom is -0.496 e. The van der Waals surface area contributed by atoms with Gasteiger partial charge in [-0.1, -0.05) is 6.07 Å². The molecule has 0 fully saturated rings. The van der Waals surface area contributed by atoms with Gasteiger partial charge in [0.25, 0.3) is 0 Å². The summed E-state index contributed by atoms with van der Waals surface area (Å²) in [7, 11) is 1.61. The van der Waals surface area contributed by atoms with Crippen LogP contribution >= 0.6 is 34.2 Å². The fourth-order valence-electron chi connectivity index (χ4n) is 1.07. The molecule has 0 N–H and O–H groups in total. The molecule has 2 nitrogen and oxygen atoms in total. The Labute approximate surface area is 102 Å². The van der Waals surface area contributed by atoms with Crippen LogP contribution in [-0.2, 0) is 4.79 Å². The molecule has 4 heteroatoms. The van der Waals surface area contributed by atoms with Crippen molar-refractivity contribution in [1.82, 2.24) is 0 Å². The number of hydrogen-bond acceptors (Lipinski definition) is 2. The lowest BCUT2D eigenvalue weighted by Crippen LogP contribution is -2.02. The first kappa shape index (κ1) is 11.8. The SMILES string of the molecule is COc1ccc(C(Cl)C(C)=O)cc1I. The molecule has 1 rings (SSSR count). The highest BCUT2D eigenvalue weighted by atomic mass is 127. The van der Waals surface area contributed by atoms with Gasteiger partial charge in [-0.05, 0) is 47.2 Å². The highest BCUT2D eigenvalue weighted by Gasteiger charge is 2.14. The summed E-state index contributed by atoms with van der Waals surface area (Å²) in [6.45, 7) is 1.48. The molecule has 0 heterocycles. The first-order valence-electron chi connectivity index (χ1n) is 4.04. The summed E-state index contributed by atoms with van der Waals surface area (Å²) in [6, 6.07) is 5.48. The van der Waals surface area contributed by atoms with Crippen molar-refractivity contribution in [3.63, 3.8) is 0 Å². The monoisotopic (exact) mass is 324 g/mol. The average molecular weight is 325 g/mol. The van der Waals surface area contributed by atoms with Gasteiger partial charge in [-0.25, -0.2) is 0 Å². The lowest BCUT2D eigenvalue weighted by molar-refractivity contribution is -0.116. The van der Waals surface area contributed by atoms with Crippen LogP contribution in [0.5, 0.6) is 5.75 Å². The summed E-state index contributed by atoms with van der Waals surface area (Å²) in [6.07, 6.45) is 0. The Morgan fingerprint density at radius 2 is 2.21 bits per heavy atom. The number of ketones is 1. The molecule has 0 aliphatic carbocycles. The second kappa shape index (κ2) is 4.98. The molecule has 1 unspecified atom stereocenters. The molecule has 1 aromatic rings. The standard InChI is InChI=1S/C10H10ClIO2/c1-6(13)10(11)7-3-4-9(14-2)8(12)5-7/h3-5,10H,1-2H3. The summed E-state index contributed by atoms with van der Waals surface area (Å²) < 4.78 is 6.06. The van der Waals surface area contributed by atoms with Gasteiger partial charge in [0.2, 0.25) is 0 Å². The third-order valence-corrected chi connectivity index (χ3v) is 3.23. The first-order chi connectivity index (χ1) is 6.56. The summed E-state index contributed by atoms with van der Waals surface area (Å²) in [5.74, 6) is 0.745. The largest absolute Gasteiger partial charge is 0.496 e. The van der Waals surface area contributed by atoms with E-state index in [1.165, 1.54) is 6.92 Å². The van der Waals surface area contributed by atoms with Crippen molar-refractivity contribution in [3.8, 4) is 5.75 Å². The predicted molar refractivity (Wildman–Crippen MR) is 65.0 cm³/mol. The Morgan fingerprint density at radius 3 is 2.64 bits per heavy atom. The van der Waals surface area contributed by atoms with Crippen LogP contribution in [-0.4, -0.2) is 12.9 Å². The maximum absolute atomic E-state index is 11.0. The van der Waals surface area contributed by atoms with E-state index in [0.717, 1.165) is 14.9 Å². The Hall–Kier alpha value is -0.290. The number of rotatable bonds is 3. The van der Waals surface area contributed by atoms with Crippen molar-refractivity contribution in [2.24, 2.45) is 0 Å². The van der Waals surface area contributed by atoms with Crippen LogP contribution in [0.4, 0.5) is 0 Å². The van der Waals surface area contributed by atoms with E-state index in [9.17, 15) is 4.79 Å². The number of benzene rings is 1. The van der Waals surface area contributed by atoms with Gasteiger partial charge in [0.1, 0.15) is 11.1 Å². The van der Waals surface area contributed by atoms with E-state index in [1.54, 1.807) is 13.2 Å².